The summed E-state index contributed by atoms with van der Waals surface area (Å²) in [6.45, 7) is 6.15. The van der Waals surface area contributed by atoms with Crippen molar-refractivity contribution in [2.75, 3.05) is 5.73 Å². The largest absolute Gasteiger partial charge is 0.391 e. The van der Waals surface area contributed by atoms with Gasteiger partial charge in [0, 0.05) is 18.3 Å². The van der Waals surface area contributed by atoms with Gasteiger partial charge in [0.2, 0.25) is 0 Å². The van der Waals surface area contributed by atoms with E-state index in [-0.39, 0.29) is 18.1 Å². The molecular formula is C9H17N3O2. The number of aliphatic hydroxyl groups excluding tert-OH is 1. The summed E-state index contributed by atoms with van der Waals surface area (Å²) in [6.07, 6.45) is 1.52. The third-order valence-electron chi connectivity index (χ3n) is 1.61. The molecule has 1 heterocycles. The van der Waals surface area contributed by atoms with Gasteiger partial charge in [0.05, 0.1) is 6.61 Å². The van der Waals surface area contributed by atoms with E-state index >= 15 is 0 Å². The molecule has 0 fully saturated rings. The van der Waals surface area contributed by atoms with Crippen molar-refractivity contribution in [1.29, 1.82) is 0 Å². The standard InChI is InChI=1S/C7H11N3O2.C2H6/c1-2-10-3-5(4-11)6(8)9-7(10)12;1-2/h3,11H,2,4H2,1H3,(H2,8,9,12);1-2H3. The van der Waals surface area contributed by atoms with Gasteiger partial charge in [0.15, 0.2) is 0 Å². The lowest BCUT2D eigenvalue weighted by Gasteiger charge is -2.04. The fraction of sp³-hybridized carbons (Fsp3) is 0.556. The van der Waals surface area contributed by atoms with Crippen LogP contribution in [0.1, 0.15) is 26.3 Å². The second kappa shape index (κ2) is 6.15. The zero-order valence-electron chi connectivity index (χ0n) is 8.82. The van der Waals surface area contributed by atoms with E-state index in [2.05, 4.69) is 4.98 Å². The summed E-state index contributed by atoms with van der Waals surface area (Å²) in [5.41, 5.74) is 5.47. The van der Waals surface area contributed by atoms with Gasteiger partial charge in [-0.1, -0.05) is 13.8 Å². The van der Waals surface area contributed by atoms with Gasteiger partial charge in [0.1, 0.15) is 5.82 Å². The summed E-state index contributed by atoms with van der Waals surface area (Å²) >= 11 is 0. The van der Waals surface area contributed by atoms with E-state index in [0.717, 1.165) is 0 Å². The highest BCUT2D eigenvalue weighted by molar-refractivity contribution is 5.35. The second-order valence-corrected chi connectivity index (χ2v) is 2.38. The van der Waals surface area contributed by atoms with Crippen molar-refractivity contribution < 1.29 is 5.11 Å². The number of nitrogen functional groups attached to an aromatic ring is 1. The first kappa shape index (κ1) is 12.6. The van der Waals surface area contributed by atoms with Gasteiger partial charge in [-0.25, -0.2) is 4.79 Å². The molecule has 1 rings (SSSR count). The lowest BCUT2D eigenvalue weighted by atomic mass is 10.3. The highest BCUT2D eigenvalue weighted by atomic mass is 16.3. The van der Waals surface area contributed by atoms with Crippen LogP contribution in [0.5, 0.6) is 0 Å². The first-order valence-corrected chi connectivity index (χ1v) is 4.65. The highest BCUT2D eigenvalue weighted by Gasteiger charge is 2.02. The first-order valence-electron chi connectivity index (χ1n) is 4.65. The Balaban J connectivity index is 0.000000791. The Morgan fingerprint density at radius 1 is 1.57 bits per heavy atom. The molecule has 0 radical (unpaired) electrons. The van der Waals surface area contributed by atoms with Crippen LogP contribution in [0.2, 0.25) is 0 Å². The van der Waals surface area contributed by atoms with Crippen molar-refractivity contribution in [3.8, 4) is 0 Å². The molecule has 80 valence electrons. The summed E-state index contributed by atoms with van der Waals surface area (Å²) in [7, 11) is 0. The Labute approximate surface area is 83.2 Å². The van der Waals surface area contributed by atoms with E-state index in [9.17, 15) is 4.79 Å². The van der Waals surface area contributed by atoms with Gasteiger partial charge in [0.25, 0.3) is 0 Å². The fourth-order valence-corrected chi connectivity index (χ4v) is 0.897. The number of nitrogens with zero attached hydrogens (tertiary/aromatic N) is 2. The molecule has 0 aliphatic carbocycles. The molecule has 0 unspecified atom stereocenters. The predicted molar refractivity (Wildman–Crippen MR) is 55.9 cm³/mol. The maximum atomic E-state index is 11.0. The normalized spacial score (nSPS) is 9.14. The van der Waals surface area contributed by atoms with Crippen molar-refractivity contribution >= 4 is 5.82 Å². The maximum absolute atomic E-state index is 11.0. The molecule has 0 amide bonds. The van der Waals surface area contributed by atoms with E-state index in [1.807, 2.05) is 20.8 Å². The van der Waals surface area contributed by atoms with Crippen molar-refractivity contribution in [1.82, 2.24) is 9.55 Å². The quantitative estimate of drug-likeness (QED) is 0.720. The minimum atomic E-state index is -0.382. The summed E-state index contributed by atoms with van der Waals surface area (Å²) < 4.78 is 1.39. The number of hydrogen-bond acceptors (Lipinski definition) is 4. The molecule has 0 saturated heterocycles. The summed E-state index contributed by atoms with van der Waals surface area (Å²) in [4.78, 5) is 14.6. The lowest BCUT2D eigenvalue weighted by molar-refractivity contribution is 0.280. The van der Waals surface area contributed by atoms with E-state index in [0.29, 0.717) is 12.1 Å². The Hall–Kier alpha value is -1.36. The SMILES string of the molecule is CC.CCn1cc(CO)c(N)nc1=O. The fourth-order valence-electron chi connectivity index (χ4n) is 0.897. The molecular weight excluding hydrogens is 182 g/mol. The van der Waals surface area contributed by atoms with Crippen molar-refractivity contribution in [2.24, 2.45) is 0 Å². The Bertz CT molecular complexity index is 333. The molecule has 5 nitrogen and oxygen atoms in total. The third kappa shape index (κ3) is 2.85. The van der Waals surface area contributed by atoms with Gasteiger partial charge in [-0.2, -0.15) is 4.98 Å². The molecule has 0 aromatic carbocycles. The molecule has 0 saturated carbocycles. The van der Waals surface area contributed by atoms with Crippen LogP contribution < -0.4 is 11.4 Å². The number of rotatable bonds is 2. The Kier molecular flexibility index (Phi) is 5.55. The summed E-state index contributed by atoms with van der Waals surface area (Å²) in [6, 6.07) is 0. The van der Waals surface area contributed by atoms with Gasteiger partial charge >= 0.3 is 5.69 Å². The number of aliphatic hydroxyl groups is 1. The number of aromatic nitrogens is 2. The number of nitrogens with two attached hydrogens (primary N) is 1. The molecule has 14 heavy (non-hydrogen) atoms. The number of hydrogen-bond donors (Lipinski definition) is 2. The summed E-state index contributed by atoms with van der Waals surface area (Å²) in [5, 5.41) is 8.79. The van der Waals surface area contributed by atoms with Crippen LogP contribution in [-0.4, -0.2) is 14.7 Å². The molecule has 0 aliphatic heterocycles. The molecule has 3 N–H and O–H groups in total. The molecule has 1 aromatic rings. The third-order valence-corrected chi connectivity index (χ3v) is 1.61. The predicted octanol–water partition coefficient (Wildman–Crippen LogP) is 0.364. The van der Waals surface area contributed by atoms with E-state index < -0.39 is 0 Å². The zero-order valence-corrected chi connectivity index (χ0v) is 8.82. The zero-order chi connectivity index (χ0) is 11.1. The monoisotopic (exact) mass is 199 g/mol. The van der Waals surface area contributed by atoms with Crippen LogP contribution >= 0.6 is 0 Å². The molecule has 0 aliphatic rings. The van der Waals surface area contributed by atoms with Gasteiger partial charge in [-0.3, -0.25) is 4.57 Å². The van der Waals surface area contributed by atoms with Gasteiger partial charge < -0.3 is 10.8 Å². The topological polar surface area (TPSA) is 81.1 Å². The first-order chi connectivity index (χ1) is 6.69. The minimum Gasteiger partial charge on any atom is -0.391 e. The Morgan fingerprint density at radius 2 is 2.14 bits per heavy atom. The summed E-state index contributed by atoms with van der Waals surface area (Å²) in [5.74, 6) is 0.104. The molecule has 1 aromatic heterocycles. The molecule has 0 bridgehead atoms. The number of aryl methyl sites for hydroxylation is 1. The highest BCUT2D eigenvalue weighted by Crippen LogP contribution is 2.03. The van der Waals surface area contributed by atoms with Crippen LogP contribution in [-0.2, 0) is 13.2 Å². The second-order valence-electron chi connectivity index (χ2n) is 2.38. The van der Waals surface area contributed by atoms with Crippen molar-refractivity contribution in [2.45, 2.75) is 33.9 Å². The lowest BCUT2D eigenvalue weighted by Crippen LogP contribution is -2.24. The van der Waals surface area contributed by atoms with Crippen LogP contribution in [0.15, 0.2) is 11.0 Å². The van der Waals surface area contributed by atoms with E-state index in [1.54, 1.807) is 0 Å². The van der Waals surface area contributed by atoms with Gasteiger partial charge in [-0.15, -0.1) is 0 Å². The van der Waals surface area contributed by atoms with Crippen LogP contribution in [0.25, 0.3) is 0 Å². The van der Waals surface area contributed by atoms with E-state index in [1.165, 1.54) is 10.8 Å². The van der Waals surface area contributed by atoms with Crippen molar-refractivity contribution in [3.63, 3.8) is 0 Å². The van der Waals surface area contributed by atoms with Crippen molar-refractivity contribution in [3.05, 3.63) is 22.2 Å². The minimum absolute atomic E-state index is 0.104. The smallest absolute Gasteiger partial charge is 0.349 e. The van der Waals surface area contributed by atoms with Crippen LogP contribution in [0.4, 0.5) is 5.82 Å². The average Bonchev–Trinajstić information content (AvgIpc) is 2.21. The van der Waals surface area contributed by atoms with Crippen LogP contribution in [0.3, 0.4) is 0 Å². The maximum Gasteiger partial charge on any atom is 0.349 e. The molecule has 5 heteroatoms. The Morgan fingerprint density at radius 3 is 2.57 bits per heavy atom. The average molecular weight is 199 g/mol. The number of anilines is 1. The van der Waals surface area contributed by atoms with Gasteiger partial charge in [-0.05, 0) is 6.92 Å². The molecule has 0 atom stereocenters. The van der Waals surface area contributed by atoms with E-state index in [4.69, 9.17) is 10.8 Å². The molecule has 0 spiro atoms. The van der Waals surface area contributed by atoms with Crippen LogP contribution in [0, 0.1) is 0 Å².